The fraction of sp³-hybridized carbons (Fsp3) is 0.0769. The van der Waals surface area contributed by atoms with Crippen LogP contribution in [0, 0.1) is 11.6 Å². The van der Waals surface area contributed by atoms with Gasteiger partial charge in [-0.25, -0.2) is 8.78 Å². The third-order valence-electron chi connectivity index (χ3n) is 2.41. The van der Waals surface area contributed by atoms with Gasteiger partial charge in [0.2, 0.25) is 0 Å². The maximum absolute atomic E-state index is 13.5. The van der Waals surface area contributed by atoms with Crippen molar-refractivity contribution in [1.29, 1.82) is 0 Å². The smallest absolute Gasteiger partial charge is 0.146 e. The Morgan fingerprint density at radius 2 is 1.69 bits per heavy atom. The quantitative estimate of drug-likeness (QED) is 0.743. The van der Waals surface area contributed by atoms with E-state index >= 15 is 0 Å². The van der Waals surface area contributed by atoms with Gasteiger partial charge >= 0.3 is 0 Å². The van der Waals surface area contributed by atoms with E-state index in [4.69, 9.17) is 0 Å². The Hall–Kier alpha value is -1.90. The lowest BCUT2D eigenvalue weighted by atomic mass is 10.2. The number of anilines is 2. The second-order valence-electron chi connectivity index (χ2n) is 3.49. The Balaban J connectivity index is 2.39. The summed E-state index contributed by atoms with van der Waals surface area (Å²) in [6.45, 7) is 0. The summed E-state index contributed by atoms with van der Waals surface area (Å²) in [6.07, 6.45) is 0. The van der Waals surface area contributed by atoms with Crippen molar-refractivity contribution < 1.29 is 8.78 Å². The van der Waals surface area contributed by atoms with E-state index in [9.17, 15) is 8.78 Å². The molecule has 3 heteroatoms. The van der Waals surface area contributed by atoms with Crippen LogP contribution in [-0.4, -0.2) is 7.05 Å². The van der Waals surface area contributed by atoms with Crippen molar-refractivity contribution >= 4 is 11.4 Å². The molecule has 0 spiro atoms. The first-order chi connectivity index (χ1) is 7.68. The maximum atomic E-state index is 13.5. The van der Waals surface area contributed by atoms with E-state index in [1.165, 1.54) is 18.2 Å². The molecule has 0 bridgehead atoms. The fourth-order valence-corrected chi connectivity index (χ4v) is 1.55. The third-order valence-corrected chi connectivity index (χ3v) is 2.41. The second kappa shape index (κ2) is 4.31. The van der Waals surface area contributed by atoms with Gasteiger partial charge in [-0.15, -0.1) is 0 Å². The zero-order valence-corrected chi connectivity index (χ0v) is 8.82. The average Bonchev–Trinajstić information content (AvgIpc) is 2.29. The van der Waals surface area contributed by atoms with Gasteiger partial charge in [0.15, 0.2) is 0 Å². The van der Waals surface area contributed by atoms with E-state index in [0.717, 1.165) is 0 Å². The zero-order valence-electron chi connectivity index (χ0n) is 8.82. The first kappa shape index (κ1) is 10.6. The van der Waals surface area contributed by atoms with Gasteiger partial charge in [0.25, 0.3) is 0 Å². The van der Waals surface area contributed by atoms with Crippen molar-refractivity contribution in [3.05, 3.63) is 60.2 Å². The molecule has 0 heterocycles. The highest BCUT2D eigenvalue weighted by molar-refractivity contribution is 5.62. The number of rotatable bonds is 2. The Morgan fingerprint density at radius 1 is 0.938 bits per heavy atom. The van der Waals surface area contributed by atoms with Crippen molar-refractivity contribution in [3.8, 4) is 0 Å². The molecule has 0 unspecified atom stereocenters. The molecule has 0 aliphatic rings. The van der Waals surface area contributed by atoms with Crippen molar-refractivity contribution in [2.75, 3.05) is 11.9 Å². The van der Waals surface area contributed by atoms with Crippen LogP contribution in [0.4, 0.5) is 20.2 Å². The van der Waals surface area contributed by atoms with Crippen LogP contribution in [0.15, 0.2) is 48.5 Å². The molecule has 2 aromatic rings. The molecule has 0 saturated heterocycles. The molecular formula is C13H11F2N. The summed E-state index contributed by atoms with van der Waals surface area (Å²) in [5.41, 5.74) is 1.04. The van der Waals surface area contributed by atoms with Crippen LogP contribution in [0.2, 0.25) is 0 Å². The largest absolute Gasteiger partial charge is 0.342 e. The number of benzene rings is 2. The summed E-state index contributed by atoms with van der Waals surface area (Å²) in [6, 6.07) is 12.5. The van der Waals surface area contributed by atoms with Gasteiger partial charge in [-0.1, -0.05) is 18.2 Å². The molecule has 2 rings (SSSR count). The SMILES string of the molecule is CN(c1cccc(F)c1)c1ccccc1F. The first-order valence-electron chi connectivity index (χ1n) is 4.92. The number of halogens is 2. The lowest BCUT2D eigenvalue weighted by Crippen LogP contribution is -2.11. The summed E-state index contributed by atoms with van der Waals surface area (Å²) < 4.78 is 26.5. The number of hydrogen-bond acceptors (Lipinski definition) is 1. The van der Waals surface area contributed by atoms with Crippen molar-refractivity contribution in [3.63, 3.8) is 0 Å². The molecule has 1 nitrogen and oxygen atoms in total. The van der Waals surface area contributed by atoms with E-state index in [1.807, 2.05) is 0 Å². The Bertz CT molecular complexity index is 497. The van der Waals surface area contributed by atoms with E-state index < -0.39 is 0 Å². The Labute approximate surface area is 92.9 Å². The summed E-state index contributed by atoms with van der Waals surface area (Å²) in [5.74, 6) is -0.657. The van der Waals surface area contributed by atoms with Crippen LogP contribution in [0.25, 0.3) is 0 Å². The highest BCUT2D eigenvalue weighted by Crippen LogP contribution is 2.25. The lowest BCUT2D eigenvalue weighted by Gasteiger charge is -2.19. The molecule has 0 aromatic heterocycles. The van der Waals surface area contributed by atoms with Crippen LogP contribution in [0.3, 0.4) is 0 Å². The topological polar surface area (TPSA) is 3.24 Å². The van der Waals surface area contributed by atoms with E-state index in [-0.39, 0.29) is 11.6 Å². The third kappa shape index (κ3) is 2.03. The molecule has 0 amide bonds. The highest BCUT2D eigenvalue weighted by atomic mass is 19.1. The lowest BCUT2D eigenvalue weighted by molar-refractivity contribution is 0.623. The van der Waals surface area contributed by atoms with Gasteiger partial charge in [0.1, 0.15) is 11.6 Å². The normalized spacial score (nSPS) is 10.2. The summed E-state index contributed by atoms with van der Waals surface area (Å²) in [7, 11) is 1.70. The second-order valence-corrected chi connectivity index (χ2v) is 3.49. The van der Waals surface area contributed by atoms with Crippen LogP contribution < -0.4 is 4.90 Å². The van der Waals surface area contributed by atoms with Crippen molar-refractivity contribution in [2.24, 2.45) is 0 Å². The minimum absolute atomic E-state index is 0.325. The molecule has 0 saturated carbocycles. The maximum Gasteiger partial charge on any atom is 0.146 e. The molecule has 0 fully saturated rings. The van der Waals surface area contributed by atoms with E-state index in [0.29, 0.717) is 11.4 Å². The molecule has 0 aliphatic heterocycles. The summed E-state index contributed by atoms with van der Waals surface area (Å²) >= 11 is 0. The molecule has 0 aliphatic carbocycles. The molecular weight excluding hydrogens is 208 g/mol. The minimum Gasteiger partial charge on any atom is -0.342 e. The fourth-order valence-electron chi connectivity index (χ4n) is 1.55. The Kier molecular flexibility index (Phi) is 2.86. The number of nitrogens with zero attached hydrogens (tertiary/aromatic N) is 1. The van der Waals surface area contributed by atoms with Gasteiger partial charge in [0.05, 0.1) is 5.69 Å². The van der Waals surface area contributed by atoms with E-state index in [2.05, 4.69) is 0 Å². The van der Waals surface area contributed by atoms with E-state index in [1.54, 1.807) is 42.3 Å². The average molecular weight is 219 g/mol. The number of hydrogen-bond donors (Lipinski definition) is 0. The van der Waals surface area contributed by atoms with Crippen molar-refractivity contribution in [1.82, 2.24) is 0 Å². The monoisotopic (exact) mass is 219 g/mol. The highest BCUT2D eigenvalue weighted by Gasteiger charge is 2.08. The van der Waals surface area contributed by atoms with Crippen LogP contribution in [0.5, 0.6) is 0 Å². The first-order valence-corrected chi connectivity index (χ1v) is 4.92. The van der Waals surface area contributed by atoms with Crippen LogP contribution >= 0.6 is 0 Å². The summed E-state index contributed by atoms with van der Waals surface area (Å²) in [4.78, 5) is 1.61. The zero-order chi connectivity index (χ0) is 11.5. The molecule has 16 heavy (non-hydrogen) atoms. The molecule has 2 aromatic carbocycles. The summed E-state index contributed by atoms with van der Waals surface area (Å²) in [5, 5.41) is 0. The van der Waals surface area contributed by atoms with Crippen LogP contribution in [-0.2, 0) is 0 Å². The molecule has 82 valence electrons. The Morgan fingerprint density at radius 3 is 2.38 bits per heavy atom. The predicted molar refractivity (Wildman–Crippen MR) is 60.9 cm³/mol. The minimum atomic E-state index is -0.333. The standard InChI is InChI=1S/C13H11F2N/c1-16(11-6-4-5-10(14)9-11)13-8-3-2-7-12(13)15/h2-9H,1H3. The van der Waals surface area contributed by atoms with Gasteiger partial charge < -0.3 is 4.90 Å². The van der Waals surface area contributed by atoms with Gasteiger partial charge in [-0.05, 0) is 30.3 Å². The van der Waals surface area contributed by atoms with Crippen molar-refractivity contribution in [2.45, 2.75) is 0 Å². The van der Waals surface area contributed by atoms with Gasteiger partial charge in [-0.2, -0.15) is 0 Å². The predicted octanol–water partition coefficient (Wildman–Crippen LogP) is 3.73. The van der Waals surface area contributed by atoms with Crippen LogP contribution in [0.1, 0.15) is 0 Å². The van der Waals surface area contributed by atoms with Gasteiger partial charge in [0, 0.05) is 12.7 Å². The van der Waals surface area contributed by atoms with Gasteiger partial charge in [-0.3, -0.25) is 0 Å². The molecule has 0 atom stereocenters. The number of para-hydroxylation sites is 1. The molecule has 0 radical (unpaired) electrons. The molecule has 0 N–H and O–H groups in total.